The molecule has 1 spiro atoms. The molecule has 6 heteroatoms. The predicted octanol–water partition coefficient (Wildman–Crippen LogP) is 8.34. The number of halogens is 1. The monoisotopic (exact) mass is 546 g/mol. The van der Waals surface area contributed by atoms with E-state index in [1.807, 2.05) is 24.3 Å². The molecule has 0 amide bonds. The summed E-state index contributed by atoms with van der Waals surface area (Å²) in [6.45, 7) is 0. The molecule has 192 valence electrons. The molecule has 0 atom stereocenters. The molecule has 0 saturated heterocycles. The van der Waals surface area contributed by atoms with Crippen molar-refractivity contribution in [2.45, 2.75) is 5.41 Å². The summed E-state index contributed by atoms with van der Waals surface area (Å²) in [7, 11) is 0. The highest BCUT2D eigenvalue weighted by atomic mass is 35.5. The summed E-state index contributed by atoms with van der Waals surface area (Å²) in [5.41, 5.74) is 11.8. The average Bonchev–Trinajstić information content (AvgIpc) is 3.68. The van der Waals surface area contributed by atoms with Gasteiger partial charge in [-0.15, -0.1) is 0 Å². The number of aromatic nitrogens is 4. The summed E-state index contributed by atoms with van der Waals surface area (Å²) in [6.07, 6.45) is 0. The molecule has 2 heterocycles. The average molecular weight is 547 g/mol. The summed E-state index contributed by atoms with van der Waals surface area (Å²) in [5, 5.41) is 0.0855. The minimum absolute atomic E-state index is 0.0855. The number of hydrogen-bond acceptors (Lipinski definition) is 5. The van der Waals surface area contributed by atoms with Crippen LogP contribution in [-0.4, -0.2) is 19.9 Å². The molecular weight excluding hydrogens is 528 g/mol. The number of fused-ring (bicyclic) bond motifs is 11. The van der Waals surface area contributed by atoms with E-state index in [1.54, 1.807) is 0 Å². The fourth-order valence-corrected chi connectivity index (χ4v) is 6.94. The molecule has 0 aliphatic heterocycles. The maximum absolute atomic E-state index is 6.46. The number of para-hydroxylation sites is 2. The van der Waals surface area contributed by atoms with Crippen molar-refractivity contribution < 1.29 is 4.42 Å². The molecule has 0 bridgehead atoms. The van der Waals surface area contributed by atoms with Gasteiger partial charge in [-0.05, 0) is 74.3 Å². The Kier molecular flexibility index (Phi) is 4.53. The molecule has 7 aromatic rings. The Hall–Kier alpha value is -5.13. The second kappa shape index (κ2) is 8.19. The standard InChI is InChI=1S/C35H19ClN4O/c36-34-39-31(38-32(40-34)33-37-29-15-7-8-16-30(29)41-33)20-17-18-24-23-11-3-6-14-27(23)35(28(24)19-20)25-12-4-1-9-21(25)22-10-2-5-13-26(22)35/h1-19H. The Morgan fingerprint density at radius 2 is 1.07 bits per heavy atom. The van der Waals surface area contributed by atoms with Gasteiger partial charge in [0.2, 0.25) is 11.1 Å². The van der Waals surface area contributed by atoms with Crippen molar-refractivity contribution in [2.24, 2.45) is 0 Å². The van der Waals surface area contributed by atoms with Gasteiger partial charge >= 0.3 is 0 Å². The normalized spacial score (nSPS) is 13.7. The molecule has 0 unspecified atom stereocenters. The lowest BCUT2D eigenvalue weighted by molar-refractivity contribution is 0.612. The Morgan fingerprint density at radius 1 is 0.512 bits per heavy atom. The van der Waals surface area contributed by atoms with Crippen LogP contribution in [0.2, 0.25) is 5.28 Å². The van der Waals surface area contributed by atoms with Gasteiger partial charge in [-0.3, -0.25) is 0 Å². The molecule has 0 fully saturated rings. The second-order valence-electron chi connectivity index (χ2n) is 10.4. The zero-order chi connectivity index (χ0) is 27.1. The first kappa shape index (κ1) is 22.7. The van der Waals surface area contributed by atoms with E-state index in [0.717, 1.165) is 11.1 Å². The quantitative estimate of drug-likeness (QED) is 0.218. The first-order chi connectivity index (χ1) is 20.2. The largest absolute Gasteiger partial charge is 0.434 e. The SMILES string of the molecule is Clc1nc(-c2ccc3c(c2)C2(c4ccccc4-c4ccccc42)c2ccccc2-3)nc(-c2nc3ccccc3o2)n1. The van der Waals surface area contributed by atoms with Crippen LogP contribution in [0, 0.1) is 0 Å². The maximum atomic E-state index is 6.46. The topological polar surface area (TPSA) is 64.7 Å². The van der Waals surface area contributed by atoms with E-state index < -0.39 is 5.41 Å². The van der Waals surface area contributed by atoms with Crippen molar-refractivity contribution >= 4 is 22.7 Å². The minimum atomic E-state index is -0.449. The van der Waals surface area contributed by atoms with Crippen LogP contribution in [0.4, 0.5) is 0 Å². The van der Waals surface area contributed by atoms with Crippen LogP contribution in [0.5, 0.6) is 0 Å². The number of rotatable bonds is 2. The van der Waals surface area contributed by atoms with Gasteiger partial charge in [-0.1, -0.05) is 97.1 Å². The third kappa shape index (κ3) is 3.01. The summed E-state index contributed by atoms with van der Waals surface area (Å²) in [6, 6.07) is 40.2. The van der Waals surface area contributed by atoms with Crippen LogP contribution in [0.25, 0.3) is 56.5 Å². The van der Waals surface area contributed by atoms with Crippen molar-refractivity contribution in [3.8, 4) is 45.4 Å². The second-order valence-corrected chi connectivity index (χ2v) is 10.7. The molecule has 5 nitrogen and oxygen atoms in total. The number of hydrogen-bond donors (Lipinski definition) is 0. The van der Waals surface area contributed by atoms with Crippen molar-refractivity contribution in [1.29, 1.82) is 0 Å². The zero-order valence-corrected chi connectivity index (χ0v) is 22.3. The summed E-state index contributed by atoms with van der Waals surface area (Å²) in [4.78, 5) is 18.2. The van der Waals surface area contributed by atoms with E-state index in [-0.39, 0.29) is 5.28 Å². The molecule has 0 saturated carbocycles. The highest BCUT2D eigenvalue weighted by Crippen LogP contribution is 2.62. The highest BCUT2D eigenvalue weighted by molar-refractivity contribution is 6.28. The van der Waals surface area contributed by atoms with E-state index in [4.69, 9.17) is 21.0 Å². The van der Waals surface area contributed by atoms with Crippen molar-refractivity contribution in [1.82, 2.24) is 19.9 Å². The number of oxazole rings is 1. The van der Waals surface area contributed by atoms with Gasteiger partial charge in [-0.2, -0.15) is 9.97 Å². The number of nitrogens with zero attached hydrogens (tertiary/aromatic N) is 4. The summed E-state index contributed by atoms with van der Waals surface area (Å²) in [5.74, 6) is 1.07. The smallest absolute Gasteiger partial charge is 0.266 e. The Labute approximate surface area is 240 Å². The minimum Gasteiger partial charge on any atom is -0.434 e. The zero-order valence-electron chi connectivity index (χ0n) is 21.5. The van der Waals surface area contributed by atoms with Gasteiger partial charge in [0, 0.05) is 5.56 Å². The van der Waals surface area contributed by atoms with Crippen molar-refractivity contribution in [2.75, 3.05) is 0 Å². The van der Waals surface area contributed by atoms with Crippen LogP contribution in [0.1, 0.15) is 22.3 Å². The molecule has 5 aromatic carbocycles. The molecule has 2 aromatic heterocycles. The Morgan fingerprint density at radius 3 is 1.73 bits per heavy atom. The van der Waals surface area contributed by atoms with E-state index >= 15 is 0 Å². The molecule has 0 N–H and O–H groups in total. The van der Waals surface area contributed by atoms with Crippen LogP contribution >= 0.6 is 11.6 Å². The molecular formula is C35H19ClN4O. The van der Waals surface area contributed by atoms with E-state index in [0.29, 0.717) is 23.1 Å². The molecule has 41 heavy (non-hydrogen) atoms. The van der Waals surface area contributed by atoms with E-state index in [2.05, 4.69) is 106 Å². The van der Waals surface area contributed by atoms with Crippen LogP contribution < -0.4 is 0 Å². The maximum Gasteiger partial charge on any atom is 0.266 e. The third-order valence-electron chi connectivity index (χ3n) is 8.35. The van der Waals surface area contributed by atoms with Gasteiger partial charge in [0.1, 0.15) is 5.52 Å². The molecule has 0 radical (unpaired) electrons. The van der Waals surface area contributed by atoms with Gasteiger partial charge in [0.05, 0.1) is 5.41 Å². The van der Waals surface area contributed by atoms with Gasteiger partial charge in [0.25, 0.3) is 5.89 Å². The van der Waals surface area contributed by atoms with Crippen molar-refractivity contribution in [3.63, 3.8) is 0 Å². The predicted molar refractivity (Wildman–Crippen MR) is 160 cm³/mol. The Bertz CT molecular complexity index is 2110. The van der Waals surface area contributed by atoms with E-state index in [1.165, 1.54) is 44.5 Å². The summed E-state index contributed by atoms with van der Waals surface area (Å²) >= 11 is 6.46. The van der Waals surface area contributed by atoms with Crippen LogP contribution in [-0.2, 0) is 5.41 Å². The molecule has 2 aliphatic carbocycles. The first-order valence-corrected chi connectivity index (χ1v) is 13.8. The highest BCUT2D eigenvalue weighted by Gasteiger charge is 2.51. The van der Waals surface area contributed by atoms with Gasteiger partial charge in [0.15, 0.2) is 11.4 Å². The van der Waals surface area contributed by atoms with Gasteiger partial charge in [-0.25, -0.2) is 9.97 Å². The van der Waals surface area contributed by atoms with Gasteiger partial charge < -0.3 is 4.42 Å². The third-order valence-corrected chi connectivity index (χ3v) is 8.52. The molecule has 2 aliphatic rings. The van der Waals surface area contributed by atoms with Crippen LogP contribution in [0.15, 0.2) is 120 Å². The van der Waals surface area contributed by atoms with Crippen LogP contribution in [0.3, 0.4) is 0 Å². The number of benzene rings is 5. The fourth-order valence-electron chi connectivity index (χ4n) is 6.78. The Balaban J connectivity index is 1.29. The summed E-state index contributed by atoms with van der Waals surface area (Å²) < 4.78 is 5.95. The molecule has 9 rings (SSSR count). The lowest BCUT2D eigenvalue weighted by Crippen LogP contribution is -2.25. The van der Waals surface area contributed by atoms with Crippen molar-refractivity contribution in [3.05, 3.63) is 143 Å². The fraction of sp³-hybridized carbons (Fsp3) is 0.0286. The van der Waals surface area contributed by atoms with E-state index in [9.17, 15) is 0 Å². The lowest BCUT2D eigenvalue weighted by atomic mass is 9.70. The lowest BCUT2D eigenvalue weighted by Gasteiger charge is -2.30. The first-order valence-electron chi connectivity index (χ1n) is 13.4.